The maximum Gasteiger partial charge on any atom is 0.251 e. The summed E-state index contributed by atoms with van der Waals surface area (Å²) in [6, 6.07) is 10.5. The first-order chi connectivity index (χ1) is 12.2. The van der Waals surface area contributed by atoms with Gasteiger partial charge in [0.1, 0.15) is 12.4 Å². The minimum absolute atomic E-state index is 0.0199. The maximum atomic E-state index is 12.4. The van der Waals surface area contributed by atoms with Gasteiger partial charge in [0.2, 0.25) is 11.8 Å². The van der Waals surface area contributed by atoms with Gasteiger partial charge in [-0.1, -0.05) is 18.2 Å². The lowest BCUT2D eigenvalue weighted by molar-refractivity contribution is -0.132. The summed E-state index contributed by atoms with van der Waals surface area (Å²) in [5.74, 6) is 0.145. The Balaban J connectivity index is 1.49. The van der Waals surface area contributed by atoms with Gasteiger partial charge in [-0.25, -0.2) is 9.97 Å². The van der Waals surface area contributed by atoms with E-state index in [4.69, 9.17) is 4.74 Å². The molecular formula is C18H20N4O3. The van der Waals surface area contributed by atoms with Crippen molar-refractivity contribution in [3.05, 3.63) is 54.5 Å². The molecule has 1 aliphatic heterocycles. The van der Waals surface area contributed by atoms with Crippen LogP contribution in [0.1, 0.15) is 23.2 Å². The van der Waals surface area contributed by atoms with Gasteiger partial charge in [0.15, 0.2) is 0 Å². The number of amides is 2. The Morgan fingerprint density at radius 1 is 1.24 bits per heavy atom. The summed E-state index contributed by atoms with van der Waals surface area (Å²) in [6.07, 6.45) is 4.67. The molecule has 7 heteroatoms. The number of hydrogen-bond acceptors (Lipinski definition) is 5. The predicted molar refractivity (Wildman–Crippen MR) is 91.0 cm³/mol. The standard InChI is InChI=1S/C18H20N4O3/c23-17(11-20-18(24)14-5-2-1-3-6-14)22-10-4-7-15(12-22)25-16-8-9-19-13-21-16/h1-3,5-6,8-9,13,15H,4,7,10-12H2,(H,20,24). The number of likely N-dealkylation sites (tertiary alicyclic amines) is 1. The fourth-order valence-electron chi connectivity index (χ4n) is 2.74. The molecular weight excluding hydrogens is 320 g/mol. The van der Waals surface area contributed by atoms with Crippen molar-refractivity contribution in [1.29, 1.82) is 0 Å². The first-order valence-corrected chi connectivity index (χ1v) is 8.26. The number of nitrogens with zero attached hydrogens (tertiary/aromatic N) is 3. The van der Waals surface area contributed by atoms with E-state index in [1.807, 2.05) is 6.07 Å². The zero-order chi connectivity index (χ0) is 17.5. The first kappa shape index (κ1) is 16.9. The van der Waals surface area contributed by atoms with Crippen molar-refractivity contribution in [3.63, 3.8) is 0 Å². The number of piperidine rings is 1. The van der Waals surface area contributed by atoms with Gasteiger partial charge < -0.3 is 15.0 Å². The summed E-state index contributed by atoms with van der Waals surface area (Å²) in [4.78, 5) is 34.0. The lowest BCUT2D eigenvalue weighted by Gasteiger charge is -2.32. The third-order valence-electron chi connectivity index (χ3n) is 4.01. The van der Waals surface area contributed by atoms with Crippen molar-refractivity contribution in [3.8, 4) is 5.88 Å². The van der Waals surface area contributed by atoms with E-state index in [1.165, 1.54) is 6.33 Å². The van der Waals surface area contributed by atoms with E-state index in [2.05, 4.69) is 15.3 Å². The number of aromatic nitrogens is 2. The van der Waals surface area contributed by atoms with Crippen LogP contribution in [0.25, 0.3) is 0 Å². The number of carbonyl (C=O) groups excluding carboxylic acids is 2. The maximum absolute atomic E-state index is 12.4. The van der Waals surface area contributed by atoms with Gasteiger partial charge in [-0.05, 0) is 25.0 Å². The second-order valence-corrected chi connectivity index (χ2v) is 5.82. The summed E-state index contributed by atoms with van der Waals surface area (Å²) in [6.45, 7) is 1.14. The molecule has 0 aliphatic carbocycles. The summed E-state index contributed by atoms with van der Waals surface area (Å²) < 4.78 is 5.80. The lowest BCUT2D eigenvalue weighted by atomic mass is 10.1. The molecule has 1 fully saturated rings. The zero-order valence-corrected chi connectivity index (χ0v) is 13.8. The molecule has 1 aromatic carbocycles. The third kappa shape index (κ3) is 4.76. The van der Waals surface area contributed by atoms with Gasteiger partial charge in [0.25, 0.3) is 5.91 Å². The second-order valence-electron chi connectivity index (χ2n) is 5.82. The van der Waals surface area contributed by atoms with Crippen LogP contribution in [0.3, 0.4) is 0 Å². The highest BCUT2D eigenvalue weighted by Gasteiger charge is 2.25. The first-order valence-electron chi connectivity index (χ1n) is 8.26. The molecule has 0 radical (unpaired) electrons. The molecule has 1 saturated heterocycles. The van der Waals surface area contributed by atoms with Gasteiger partial charge in [-0.3, -0.25) is 9.59 Å². The van der Waals surface area contributed by atoms with Crippen LogP contribution < -0.4 is 10.1 Å². The average Bonchev–Trinajstić information content (AvgIpc) is 2.67. The highest BCUT2D eigenvalue weighted by molar-refractivity contribution is 5.96. The van der Waals surface area contributed by atoms with Crippen LogP contribution in [-0.2, 0) is 4.79 Å². The van der Waals surface area contributed by atoms with Crippen LogP contribution in [0.15, 0.2) is 48.9 Å². The molecule has 1 aromatic heterocycles. The molecule has 3 rings (SSSR count). The van der Waals surface area contributed by atoms with Gasteiger partial charge in [-0.15, -0.1) is 0 Å². The topological polar surface area (TPSA) is 84.4 Å². The third-order valence-corrected chi connectivity index (χ3v) is 4.01. The van der Waals surface area contributed by atoms with Crippen LogP contribution in [0.2, 0.25) is 0 Å². The predicted octanol–water partition coefficient (Wildman–Crippen LogP) is 1.28. The van der Waals surface area contributed by atoms with Crippen molar-refractivity contribution >= 4 is 11.8 Å². The summed E-state index contributed by atoms with van der Waals surface area (Å²) in [7, 11) is 0. The van der Waals surface area contributed by atoms with Crippen molar-refractivity contribution in [2.24, 2.45) is 0 Å². The summed E-state index contributed by atoms with van der Waals surface area (Å²) in [5.41, 5.74) is 0.541. The highest BCUT2D eigenvalue weighted by Crippen LogP contribution is 2.16. The van der Waals surface area contributed by atoms with E-state index < -0.39 is 0 Å². The number of nitrogens with one attached hydrogen (secondary N) is 1. The molecule has 2 heterocycles. The normalized spacial score (nSPS) is 17.0. The van der Waals surface area contributed by atoms with Crippen molar-refractivity contribution < 1.29 is 14.3 Å². The van der Waals surface area contributed by atoms with Crippen LogP contribution in [-0.4, -0.2) is 52.4 Å². The van der Waals surface area contributed by atoms with E-state index in [0.29, 0.717) is 24.5 Å². The van der Waals surface area contributed by atoms with Crippen molar-refractivity contribution in [2.45, 2.75) is 18.9 Å². The van der Waals surface area contributed by atoms with E-state index in [1.54, 1.807) is 41.4 Å². The molecule has 1 aliphatic rings. The molecule has 0 spiro atoms. The van der Waals surface area contributed by atoms with Crippen LogP contribution in [0.5, 0.6) is 5.88 Å². The number of carbonyl (C=O) groups is 2. The highest BCUT2D eigenvalue weighted by atomic mass is 16.5. The molecule has 2 aromatic rings. The molecule has 0 bridgehead atoms. The second kappa shape index (κ2) is 8.23. The fraction of sp³-hybridized carbons (Fsp3) is 0.333. The van der Waals surface area contributed by atoms with Gasteiger partial charge >= 0.3 is 0 Å². The molecule has 1 unspecified atom stereocenters. The average molecular weight is 340 g/mol. The van der Waals surface area contributed by atoms with E-state index in [-0.39, 0.29) is 24.5 Å². The molecule has 0 saturated carbocycles. The Morgan fingerprint density at radius 3 is 2.84 bits per heavy atom. The smallest absolute Gasteiger partial charge is 0.251 e. The Morgan fingerprint density at radius 2 is 2.08 bits per heavy atom. The SMILES string of the molecule is O=C(NCC(=O)N1CCCC(Oc2ccncn2)C1)c1ccccc1. The Hall–Kier alpha value is -2.96. The van der Waals surface area contributed by atoms with Crippen LogP contribution in [0, 0.1) is 0 Å². The van der Waals surface area contributed by atoms with Gasteiger partial charge in [-0.2, -0.15) is 0 Å². The van der Waals surface area contributed by atoms with E-state index >= 15 is 0 Å². The van der Waals surface area contributed by atoms with E-state index in [9.17, 15) is 9.59 Å². The van der Waals surface area contributed by atoms with Gasteiger partial charge in [0, 0.05) is 24.4 Å². The monoisotopic (exact) mass is 340 g/mol. The molecule has 2 amide bonds. The number of ether oxygens (including phenoxy) is 1. The van der Waals surface area contributed by atoms with Crippen LogP contribution >= 0.6 is 0 Å². The van der Waals surface area contributed by atoms with Crippen molar-refractivity contribution in [2.75, 3.05) is 19.6 Å². The Labute approximate surface area is 146 Å². The molecule has 25 heavy (non-hydrogen) atoms. The minimum atomic E-state index is -0.250. The largest absolute Gasteiger partial charge is 0.472 e. The minimum Gasteiger partial charge on any atom is -0.472 e. The summed E-state index contributed by atoms with van der Waals surface area (Å²) >= 11 is 0. The zero-order valence-electron chi connectivity index (χ0n) is 13.8. The number of benzene rings is 1. The molecule has 7 nitrogen and oxygen atoms in total. The van der Waals surface area contributed by atoms with Crippen LogP contribution in [0.4, 0.5) is 0 Å². The molecule has 1 atom stereocenters. The molecule has 1 N–H and O–H groups in total. The lowest BCUT2D eigenvalue weighted by Crippen LogP contribution is -2.48. The van der Waals surface area contributed by atoms with E-state index in [0.717, 1.165) is 12.8 Å². The Bertz CT molecular complexity index is 709. The summed E-state index contributed by atoms with van der Waals surface area (Å²) in [5, 5.41) is 2.67. The fourth-order valence-corrected chi connectivity index (χ4v) is 2.74. The quantitative estimate of drug-likeness (QED) is 0.886. The molecule has 130 valence electrons. The van der Waals surface area contributed by atoms with Crippen molar-refractivity contribution in [1.82, 2.24) is 20.2 Å². The number of hydrogen-bond donors (Lipinski definition) is 1. The van der Waals surface area contributed by atoms with Gasteiger partial charge in [0.05, 0.1) is 13.1 Å². The number of rotatable bonds is 5. The Kier molecular flexibility index (Phi) is 5.56.